The molecule has 0 saturated carbocycles. The van der Waals surface area contributed by atoms with Gasteiger partial charge in [-0.1, -0.05) is 12.1 Å². The zero-order chi connectivity index (χ0) is 20.4. The molecule has 2 saturated heterocycles. The molecule has 0 atom stereocenters. The fourth-order valence-electron chi connectivity index (χ4n) is 3.71. The van der Waals surface area contributed by atoms with E-state index in [4.69, 9.17) is 9.15 Å². The van der Waals surface area contributed by atoms with Crippen LogP contribution in [0.1, 0.15) is 29.0 Å². The van der Waals surface area contributed by atoms with Gasteiger partial charge in [0, 0.05) is 32.2 Å². The van der Waals surface area contributed by atoms with Crippen molar-refractivity contribution in [2.45, 2.75) is 24.9 Å². The zero-order valence-corrected chi connectivity index (χ0v) is 17.2. The van der Waals surface area contributed by atoms with Crippen LogP contribution in [0.4, 0.5) is 11.4 Å². The molecule has 156 valence electrons. The molecule has 0 unspecified atom stereocenters. The minimum atomic E-state index is -3.71. The van der Waals surface area contributed by atoms with Crippen LogP contribution in [0, 0.1) is 6.92 Å². The highest BCUT2D eigenvalue weighted by atomic mass is 32.2. The second-order valence-corrected chi connectivity index (χ2v) is 9.09. The van der Waals surface area contributed by atoms with Gasteiger partial charge in [0.25, 0.3) is 15.9 Å². The Bertz CT molecular complexity index is 989. The minimum absolute atomic E-state index is 0.177. The SMILES string of the molecule is Cc1oc(S(=O)(=O)N2CCCC2)cc1C(=O)Nc1ccccc1N1CCOCC1. The molecule has 1 amide bonds. The molecule has 2 aromatic rings. The van der Waals surface area contributed by atoms with Gasteiger partial charge < -0.3 is 19.4 Å². The number of anilines is 2. The summed E-state index contributed by atoms with van der Waals surface area (Å²) < 4.78 is 37.7. The van der Waals surface area contributed by atoms with Gasteiger partial charge in [-0.2, -0.15) is 4.31 Å². The van der Waals surface area contributed by atoms with Crippen LogP contribution in [0.2, 0.25) is 0 Å². The third-order valence-electron chi connectivity index (χ3n) is 5.30. The zero-order valence-electron chi connectivity index (χ0n) is 16.4. The Morgan fingerprint density at radius 1 is 1.07 bits per heavy atom. The maximum absolute atomic E-state index is 12.9. The van der Waals surface area contributed by atoms with Crippen molar-refractivity contribution in [1.82, 2.24) is 4.31 Å². The number of amides is 1. The molecular formula is C20H25N3O5S. The molecule has 0 aliphatic carbocycles. The quantitative estimate of drug-likeness (QED) is 0.800. The van der Waals surface area contributed by atoms with Crippen LogP contribution >= 0.6 is 0 Å². The molecule has 1 N–H and O–H groups in total. The summed E-state index contributed by atoms with van der Waals surface area (Å²) in [5, 5.41) is 2.73. The van der Waals surface area contributed by atoms with Crippen LogP contribution in [0.25, 0.3) is 0 Å². The lowest BCUT2D eigenvalue weighted by Crippen LogP contribution is -2.36. The van der Waals surface area contributed by atoms with Crippen LogP contribution < -0.4 is 10.2 Å². The number of benzene rings is 1. The van der Waals surface area contributed by atoms with Gasteiger partial charge in [-0.15, -0.1) is 0 Å². The largest absolute Gasteiger partial charge is 0.448 e. The summed E-state index contributed by atoms with van der Waals surface area (Å²) in [6.45, 7) is 5.34. The predicted molar refractivity (Wildman–Crippen MR) is 109 cm³/mol. The number of morpholine rings is 1. The molecule has 8 nitrogen and oxygen atoms in total. The van der Waals surface area contributed by atoms with Gasteiger partial charge in [0.1, 0.15) is 5.76 Å². The Morgan fingerprint density at radius 3 is 2.48 bits per heavy atom. The molecule has 0 radical (unpaired) electrons. The molecule has 2 aliphatic heterocycles. The summed E-state index contributed by atoms with van der Waals surface area (Å²) in [5.41, 5.74) is 1.80. The summed E-state index contributed by atoms with van der Waals surface area (Å²) in [6, 6.07) is 8.89. The summed E-state index contributed by atoms with van der Waals surface area (Å²) in [7, 11) is -3.71. The molecule has 1 aromatic heterocycles. The van der Waals surface area contributed by atoms with E-state index in [1.165, 1.54) is 10.4 Å². The van der Waals surface area contributed by atoms with E-state index in [-0.39, 0.29) is 16.4 Å². The predicted octanol–water partition coefficient (Wildman–Crippen LogP) is 2.46. The number of carbonyl (C=O) groups excluding carboxylic acids is 1. The molecule has 1 aromatic carbocycles. The Labute approximate surface area is 170 Å². The van der Waals surface area contributed by atoms with Gasteiger partial charge in [0.2, 0.25) is 5.09 Å². The van der Waals surface area contributed by atoms with Gasteiger partial charge in [-0.3, -0.25) is 4.79 Å². The summed E-state index contributed by atoms with van der Waals surface area (Å²) in [5.74, 6) is -0.112. The molecule has 0 bridgehead atoms. The average Bonchev–Trinajstić information content (AvgIpc) is 3.40. The molecule has 4 rings (SSSR count). The third kappa shape index (κ3) is 4.03. The number of rotatable bonds is 5. The van der Waals surface area contributed by atoms with E-state index in [2.05, 4.69) is 10.2 Å². The highest BCUT2D eigenvalue weighted by Gasteiger charge is 2.32. The van der Waals surface area contributed by atoms with E-state index in [0.29, 0.717) is 32.0 Å². The Balaban J connectivity index is 1.56. The standard InChI is InChI=1S/C20H25N3O5S/c1-15-16(14-19(28-15)29(25,26)23-8-4-5-9-23)20(24)21-17-6-2-3-7-18(17)22-10-12-27-13-11-22/h2-3,6-7,14H,4-5,8-13H2,1H3,(H,21,24). The summed E-state index contributed by atoms with van der Waals surface area (Å²) in [4.78, 5) is 15.1. The van der Waals surface area contributed by atoms with Gasteiger partial charge in [0.15, 0.2) is 0 Å². The van der Waals surface area contributed by atoms with Crippen molar-refractivity contribution < 1.29 is 22.4 Å². The first-order valence-corrected chi connectivity index (χ1v) is 11.2. The number of carbonyl (C=O) groups is 1. The second kappa shape index (κ2) is 8.17. The molecule has 0 spiro atoms. The smallest absolute Gasteiger partial charge is 0.276 e. The minimum Gasteiger partial charge on any atom is -0.448 e. The van der Waals surface area contributed by atoms with E-state index < -0.39 is 15.9 Å². The second-order valence-electron chi connectivity index (χ2n) is 7.22. The van der Waals surface area contributed by atoms with Crippen molar-refractivity contribution in [3.05, 3.63) is 41.7 Å². The average molecular weight is 420 g/mol. The highest BCUT2D eigenvalue weighted by Crippen LogP contribution is 2.29. The van der Waals surface area contributed by atoms with E-state index in [1.54, 1.807) is 6.92 Å². The topological polar surface area (TPSA) is 92.1 Å². The molecule has 29 heavy (non-hydrogen) atoms. The Hall–Kier alpha value is -2.36. The van der Waals surface area contributed by atoms with Gasteiger partial charge >= 0.3 is 0 Å². The molecular weight excluding hydrogens is 394 g/mol. The van der Waals surface area contributed by atoms with E-state index in [9.17, 15) is 13.2 Å². The lowest BCUT2D eigenvalue weighted by atomic mass is 10.2. The number of sulfonamides is 1. The van der Waals surface area contributed by atoms with E-state index in [1.807, 2.05) is 24.3 Å². The first-order chi connectivity index (χ1) is 14.0. The summed E-state index contributed by atoms with van der Waals surface area (Å²) >= 11 is 0. The maximum atomic E-state index is 12.9. The van der Waals surface area contributed by atoms with Gasteiger partial charge in [0.05, 0.1) is 30.2 Å². The number of hydrogen-bond donors (Lipinski definition) is 1. The van der Waals surface area contributed by atoms with Crippen molar-refractivity contribution in [3.8, 4) is 0 Å². The van der Waals surface area contributed by atoms with Crippen molar-refractivity contribution in [3.63, 3.8) is 0 Å². The number of hydrogen-bond acceptors (Lipinski definition) is 6. The van der Waals surface area contributed by atoms with Crippen LogP contribution in [0.5, 0.6) is 0 Å². The van der Waals surface area contributed by atoms with Gasteiger partial charge in [-0.25, -0.2) is 8.42 Å². The first-order valence-electron chi connectivity index (χ1n) is 9.80. The lowest BCUT2D eigenvalue weighted by Gasteiger charge is -2.30. The molecule has 9 heteroatoms. The normalized spacial score (nSPS) is 18.2. The van der Waals surface area contributed by atoms with Crippen molar-refractivity contribution in [1.29, 1.82) is 0 Å². The van der Waals surface area contributed by atoms with E-state index >= 15 is 0 Å². The highest BCUT2D eigenvalue weighted by molar-refractivity contribution is 7.89. The van der Waals surface area contributed by atoms with Crippen LogP contribution in [0.15, 0.2) is 39.8 Å². The van der Waals surface area contributed by atoms with Crippen molar-refractivity contribution in [2.24, 2.45) is 0 Å². The monoisotopic (exact) mass is 419 g/mol. The van der Waals surface area contributed by atoms with E-state index in [0.717, 1.165) is 31.6 Å². The number of nitrogens with one attached hydrogen (secondary N) is 1. The van der Waals surface area contributed by atoms with Crippen LogP contribution in [-0.4, -0.2) is 58.0 Å². The summed E-state index contributed by atoms with van der Waals surface area (Å²) in [6.07, 6.45) is 1.68. The van der Waals surface area contributed by atoms with Crippen molar-refractivity contribution >= 4 is 27.3 Å². The Morgan fingerprint density at radius 2 is 1.76 bits per heavy atom. The number of para-hydroxylation sites is 2. The lowest BCUT2D eigenvalue weighted by molar-refractivity contribution is 0.102. The first kappa shape index (κ1) is 19.9. The molecule has 2 aliphatic rings. The maximum Gasteiger partial charge on any atom is 0.276 e. The molecule has 3 heterocycles. The fraction of sp³-hybridized carbons (Fsp3) is 0.450. The van der Waals surface area contributed by atoms with Gasteiger partial charge in [-0.05, 0) is 31.9 Å². The Kier molecular flexibility index (Phi) is 5.62. The number of furan rings is 1. The fourth-order valence-corrected chi connectivity index (χ4v) is 5.20. The van der Waals surface area contributed by atoms with Crippen LogP contribution in [0.3, 0.4) is 0 Å². The number of nitrogens with zero attached hydrogens (tertiary/aromatic N) is 2. The molecule has 2 fully saturated rings. The number of ether oxygens (including phenoxy) is 1. The van der Waals surface area contributed by atoms with Crippen molar-refractivity contribution in [2.75, 3.05) is 49.6 Å². The van der Waals surface area contributed by atoms with Crippen LogP contribution in [-0.2, 0) is 14.8 Å². The number of aryl methyl sites for hydroxylation is 1. The third-order valence-corrected chi connectivity index (χ3v) is 7.06.